The van der Waals surface area contributed by atoms with E-state index in [1.54, 1.807) is 7.11 Å². The monoisotopic (exact) mass is 323 g/mol. The fraction of sp³-hybridized carbons (Fsp3) is 0.533. The number of ether oxygens (including phenoxy) is 1. The second-order valence-corrected chi connectivity index (χ2v) is 6.34. The van der Waals surface area contributed by atoms with Gasteiger partial charge in [-0.1, -0.05) is 28.9 Å². The molecule has 1 unspecified atom stereocenters. The topological polar surface area (TPSA) is 29.5 Å². The highest BCUT2D eigenvalue weighted by molar-refractivity contribution is 9.10. The lowest BCUT2D eigenvalue weighted by Crippen LogP contribution is -2.45. The average molecular weight is 324 g/mol. The van der Waals surface area contributed by atoms with Crippen molar-refractivity contribution < 1.29 is 9.53 Å². The number of nitrogens with zero attached hydrogens (tertiary/aromatic N) is 1. The first-order valence-corrected chi connectivity index (χ1v) is 7.55. The van der Waals surface area contributed by atoms with Crippen molar-refractivity contribution in [2.24, 2.45) is 0 Å². The Labute approximate surface area is 122 Å². The van der Waals surface area contributed by atoms with Gasteiger partial charge in [-0.05, 0) is 37.0 Å². The zero-order valence-electron chi connectivity index (χ0n) is 11.3. The highest BCUT2D eigenvalue weighted by atomic mass is 79.9. The summed E-state index contributed by atoms with van der Waals surface area (Å²) in [5.74, 6) is 0.145. The van der Waals surface area contributed by atoms with Crippen molar-refractivity contribution in [2.75, 3.05) is 7.11 Å². The van der Waals surface area contributed by atoms with E-state index < -0.39 is 0 Å². The maximum atomic E-state index is 12.6. The summed E-state index contributed by atoms with van der Waals surface area (Å²) in [4.78, 5) is 14.6. The van der Waals surface area contributed by atoms with E-state index in [0.717, 1.165) is 34.9 Å². The van der Waals surface area contributed by atoms with E-state index in [4.69, 9.17) is 4.74 Å². The molecule has 0 spiro atoms. The fourth-order valence-electron chi connectivity index (χ4n) is 3.22. The van der Waals surface area contributed by atoms with Crippen molar-refractivity contribution in [2.45, 2.75) is 44.4 Å². The van der Waals surface area contributed by atoms with Crippen molar-refractivity contribution in [3.8, 4) is 0 Å². The molecule has 1 aromatic rings. The quantitative estimate of drug-likeness (QED) is 0.850. The van der Waals surface area contributed by atoms with Gasteiger partial charge in [-0.2, -0.15) is 0 Å². The minimum absolute atomic E-state index is 0.0936. The van der Waals surface area contributed by atoms with Crippen LogP contribution in [0.1, 0.15) is 42.1 Å². The van der Waals surface area contributed by atoms with Crippen molar-refractivity contribution >= 4 is 21.8 Å². The van der Waals surface area contributed by atoms with Gasteiger partial charge in [0.1, 0.15) is 0 Å². The Morgan fingerprint density at radius 1 is 1.47 bits per heavy atom. The first kappa shape index (κ1) is 13.1. The third-order valence-corrected chi connectivity index (χ3v) is 4.92. The summed E-state index contributed by atoms with van der Waals surface area (Å²) in [6.45, 7) is 2.85. The van der Waals surface area contributed by atoms with E-state index in [-0.39, 0.29) is 17.6 Å². The Morgan fingerprint density at radius 2 is 2.21 bits per heavy atom. The van der Waals surface area contributed by atoms with E-state index in [0.29, 0.717) is 6.54 Å². The largest absolute Gasteiger partial charge is 0.376 e. The molecule has 1 aromatic carbocycles. The summed E-state index contributed by atoms with van der Waals surface area (Å²) in [7, 11) is 1.76. The van der Waals surface area contributed by atoms with Gasteiger partial charge in [0, 0.05) is 23.7 Å². The predicted molar refractivity (Wildman–Crippen MR) is 77.1 cm³/mol. The number of carbonyl (C=O) groups excluding carboxylic acids is 1. The molecule has 0 aromatic heterocycles. The van der Waals surface area contributed by atoms with Crippen molar-refractivity contribution in [1.29, 1.82) is 0 Å². The SMILES string of the molecule is CCC(N1Cc2ccc(Br)cc2C1=O)C1(OC)CC1. The number of carbonyl (C=O) groups is 1. The van der Waals surface area contributed by atoms with Gasteiger partial charge in [0.2, 0.25) is 0 Å². The van der Waals surface area contributed by atoms with Crippen LogP contribution < -0.4 is 0 Å². The second kappa shape index (κ2) is 4.60. The summed E-state index contributed by atoms with van der Waals surface area (Å²) in [5, 5.41) is 0. The van der Waals surface area contributed by atoms with Gasteiger partial charge in [0.15, 0.2) is 0 Å². The van der Waals surface area contributed by atoms with E-state index in [1.165, 1.54) is 0 Å². The average Bonchev–Trinajstić information content (AvgIpc) is 3.14. The number of hydrogen-bond donors (Lipinski definition) is 0. The third kappa shape index (κ3) is 2.01. The minimum Gasteiger partial charge on any atom is -0.376 e. The molecule has 1 aliphatic heterocycles. The number of fused-ring (bicyclic) bond motifs is 1. The maximum absolute atomic E-state index is 12.6. The highest BCUT2D eigenvalue weighted by Gasteiger charge is 2.53. The van der Waals surface area contributed by atoms with Crippen molar-refractivity contribution in [3.63, 3.8) is 0 Å². The molecule has 2 aliphatic rings. The van der Waals surface area contributed by atoms with Crippen LogP contribution in [-0.4, -0.2) is 29.6 Å². The molecule has 3 rings (SSSR count). The van der Waals surface area contributed by atoms with Crippen LogP contribution in [0.2, 0.25) is 0 Å². The Kier molecular flexibility index (Phi) is 3.18. The Hall–Kier alpha value is -0.870. The third-order valence-electron chi connectivity index (χ3n) is 4.42. The van der Waals surface area contributed by atoms with Crippen molar-refractivity contribution in [1.82, 2.24) is 4.90 Å². The van der Waals surface area contributed by atoms with Crippen LogP contribution in [0.4, 0.5) is 0 Å². The molecule has 0 radical (unpaired) electrons. The number of halogens is 1. The number of benzene rings is 1. The van der Waals surface area contributed by atoms with Crippen LogP contribution in [0.15, 0.2) is 22.7 Å². The Morgan fingerprint density at radius 3 is 2.79 bits per heavy atom. The lowest BCUT2D eigenvalue weighted by molar-refractivity contribution is -0.00349. The molecule has 0 bridgehead atoms. The van der Waals surface area contributed by atoms with Gasteiger partial charge < -0.3 is 9.64 Å². The molecule has 3 nitrogen and oxygen atoms in total. The number of methoxy groups -OCH3 is 1. The maximum Gasteiger partial charge on any atom is 0.254 e. The molecule has 1 heterocycles. The zero-order chi connectivity index (χ0) is 13.6. The highest BCUT2D eigenvalue weighted by Crippen LogP contribution is 2.47. The molecule has 0 N–H and O–H groups in total. The van der Waals surface area contributed by atoms with Gasteiger partial charge in [0.05, 0.1) is 11.6 Å². The molecule has 102 valence electrons. The summed E-state index contributed by atoms with van der Waals surface area (Å²) < 4.78 is 6.64. The van der Waals surface area contributed by atoms with Gasteiger partial charge in [0.25, 0.3) is 5.91 Å². The van der Waals surface area contributed by atoms with Crippen molar-refractivity contribution in [3.05, 3.63) is 33.8 Å². The van der Waals surface area contributed by atoms with Crippen LogP contribution in [0.3, 0.4) is 0 Å². The zero-order valence-corrected chi connectivity index (χ0v) is 12.9. The molecule has 1 aliphatic carbocycles. The minimum atomic E-state index is -0.0936. The van der Waals surface area contributed by atoms with Crippen LogP contribution in [0, 0.1) is 0 Å². The van der Waals surface area contributed by atoms with Crippen LogP contribution in [-0.2, 0) is 11.3 Å². The van der Waals surface area contributed by atoms with Gasteiger partial charge in [-0.25, -0.2) is 0 Å². The Balaban J connectivity index is 1.90. The van der Waals surface area contributed by atoms with E-state index in [1.807, 2.05) is 23.1 Å². The summed E-state index contributed by atoms with van der Waals surface area (Å²) in [6, 6.07) is 6.16. The van der Waals surface area contributed by atoms with Crippen LogP contribution in [0.25, 0.3) is 0 Å². The molecule has 4 heteroatoms. The first-order chi connectivity index (χ1) is 9.11. The second-order valence-electron chi connectivity index (χ2n) is 5.43. The van der Waals surface area contributed by atoms with Gasteiger partial charge >= 0.3 is 0 Å². The molecule has 0 saturated heterocycles. The Bertz CT molecular complexity index is 525. The molecule has 1 saturated carbocycles. The molecule has 19 heavy (non-hydrogen) atoms. The lowest BCUT2D eigenvalue weighted by Gasteiger charge is -2.33. The number of rotatable bonds is 4. The molecule has 1 fully saturated rings. The van der Waals surface area contributed by atoms with Gasteiger partial charge in [-0.3, -0.25) is 4.79 Å². The summed E-state index contributed by atoms with van der Waals surface area (Å²) in [5.41, 5.74) is 1.86. The molecule has 1 atom stereocenters. The first-order valence-electron chi connectivity index (χ1n) is 6.76. The molecular formula is C15H18BrNO2. The summed E-state index contributed by atoms with van der Waals surface area (Å²) in [6.07, 6.45) is 3.06. The lowest BCUT2D eigenvalue weighted by atomic mass is 10.0. The van der Waals surface area contributed by atoms with E-state index in [9.17, 15) is 4.79 Å². The summed E-state index contributed by atoms with van der Waals surface area (Å²) >= 11 is 3.44. The predicted octanol–water partition coefficient (Wildman–Crippen LogP) is 3.36. The van der Waals surface area contributed by atoms with Crippen LogP contribution in [0.5, 0.6) is 0 Å². The standard InChI is InChI=1S/C15H18BrNO2/c1-3-13(15(19-2)6-7-15)17-9-10-4-5-11(16)8-12(10)14(17)18/h4-5,8,13H,3,6-7,9H2,1-2H3. The van der Waals surface area contributed by atoms with Crippen LogP contribution >= 0.6 is 15.9 Å². The van der Waals surface area contributed by atoms with E-state index >= 15 is 0 Å². The smallest absolute Gasteiger partial charge is 0.254 e. The number of amides is 1. The fourth-order valence-corrected chi connectivity index (χ4v) is 3.58. The van der Waals surface area contributed by atoms with E-state index in [2.05, 4.69) is 22.9 Å². The molecule has 1 amide bonds. The molecular weight excluding hydrogens is 306 g/mol. The number of hydrogen-bond acceptors (Lipinski definition) is 2. The van der Waals surface area contributed by atoms with Gasteiger partial charge in [-0.15, -0.1) is 0 Å². The normalized spacial score (nSPS) is 21.4.